The second kappa shape index (κ2) is 5.89. The van der Waals surface area contributed by atoms with E-state index in [1.54, 1.807) is 13.0 Å². The number of nitrogens with zero attached hydrogens (tertiary/aromatic N) is 1. The number of anilines is 1. The topological polar surface area (TPSA) is 59.1 Å². The Balaban J connectivity index is 2.44. The van der Waals surface area contributed by atoms with Crippen molar-refractivity contribution < 1.29 is 8.42 Å². The van der Waals surface area contributed by atoms with Crippen molar-refractivity contribution >= 4 is 54.8 Å². The molecule has 0 fully saturated rings. The molecule has 0 aliphatic rings. The number of sulfonamides is 1. The molecule has 0 unspecified atom stereocenters. The predicted octanol–water partition coefficient (Wildman–Crippen LogP) is 4.26. The van der Waals surface area contributed by atoms with Gasteiger partial charge in [0.2, 0.25) is 0 Å². The van der Waals surface area contributed by atoms with Crippen LogP contribution in [0.5, 0.6) is 0 Å². The van der Waals surface area contributed by atoms with Crippen molar-refractivity contribution in [1.82, 2.24) is 4.98 Å². The van der Waals surface area contributed by atoms with Gasteiger partial charge in [-0.05, 0) is 46.6 Å². The molecule has 106 valence electrons. The molecule has 1 aromatic carbocycles. The van der Waals surface area contributed by atoms with Gasteiger partial charge in [0.15, 0.2) is 0 Å². The van der Waals surface area contributed by atoms with Crippen LogP contribution in [0.2, 0.25) is 10.0 Å². The standard InChI is InChI=1S/C12H9BrCl2N2O2S/c1-7-4-8(14)2-3-11(7)20(18,19)17-10-6-16-5-9(13)12(10)15/h2-6,17H,1H3. The Morgan fingerprint density at radius 2 is 1.95 bits per heavy atom. The summed E-state index contributed by atoms with van der Waals surface area (Å²) in [6, 6.07) is 4.54. The third-order valence-electron chi connectivity index (χ3n) is 2.51. The summed E-state index contributed by atoms with van der Waals surface area (Å²) >= 11 is 15.0. The van der Waals surface area contributed by atoms with Gasteiger partial charge in [-0.1, -0.05) is 23.2 Å². The van der Waals surface area contributed by atoms with Gasteiger partial charge in [0.05, 0.1) is 26.3 Å². The van der Waals surface area contributed by atoms with Crippen molar-refractivity contribution in [2.75, 3.05) is 4.72 Å². The molecular weight excluding hydrogens is 387 g/mol. The minimum absolute atomic E-state index is 0.137. The molecule has 8 heteroatoms. The van der Waals surface area contributed by atoms with E-state index in [1.165, 1.54) is 24.5 Å². The van der Waals surface area contributed by atoms with E-state index in [-0.39, 0.29) is 15.6 Å². The van der Waals surface area contributed by atoms with E-state index in [9.17, 15) is 8.42 Å². The van der Waals surface area contributed by atoms with E-state index < -0.39 is 10.0 Å². The predicted molar refractivity (Wildman–Crippen MR) is 83.9 cm³/mol. The van der Waals surface area contributed by atoms with Gasteiger partial charge >= 0.3 is 0 Å². The van der Waals surface area contributed by atoms with Gasteiger partial charge in [-0.25, -0.2) is 8.42 Å². The molecule has 0 aliphatic heterocycles. The van der Waals surface area contributed by atoms with E-state index >= 15 is 0 Å². The highest BCUT2D eigenvalue weighted by atomic mass is 79.9. The Hall–Kier alpha value is -0.820. The summed E-state index contributed by atoms with van der Waals surface area (Å²) in [5.74, 6) is 0. The zero-order valence-electron chi connectivity index (χ0n) is 10.2. The quantitative estimate of drug-likeness (QED) is 0.844. The van der Waals surface area contributed by atoms with Crippen LogP contribution in [-0.2, 0) is 10.0 Å². The first kappa shape index (κ1) is 15.6. The van der Waals surface area contributed by atoms with E-state index in [0.29, 0.717) is 15.1 Å². The molecule has 1 aromatic heterocycles. The molecule has 0 saturated heterocycles. The van der Waals surface area contributed by atoms with Crippen molar-refractivity contribution in [2.45, 2.75) is 11.8 Å². The number of rotatable bonds is 3. The molecule has 0 bridgehead atoms. The van der Waals surface area contributed by atoms with Crippen molar-refractivity contribution in [3.05, 3.63) is 50.7 Å². The normalized spacial score (nSPS) is 11.4. The van der Waals surface area contributed by atoms with Gasteiger partial charge in [0.25, 0.3) is 10.0 Å². The number of nitrogens with one attached hydrogen (secondary N) is 1. The maximum absolute atomic E-state index is 12.3. The van der Waals surface area contributed by atoms with Crippen molar-refractivity contribution in [3.63, 3.8) is 0 Å². The third kappa shape index (κ3) is 3.25. The number of hydrogen-bond donors (Lipinski definition) is 1. The molecule has 0 amide bonds. The molecule has 2 rings (SSSR count). The average Bonchev–Trinajstić information content (AvgIpc) is 2.34. The lowest BCUT2D eigenvalue weighted by Gasteiger charge is -2.12. The summed E-state index contributed by atoms with van der Waals surface area (Å²) in [5.41, 5.74) is 0.750. The Labute approximate surface area is 135 Å². The molecule has 4 nitrogen and oxygen atoms in total. The Morgan fingerprint density at radius 1 is 1.25 bits per heavy atom. The Morgan fingerprint density at radius 3 is 2.60 bits per heavy atom. The van der Waals surface area contributed by atoms with E-state index in [4.69, 9.17) is 23.2 Å². The second-order valence-corrected chi connectivity index (χ2v) is 7.32. The van der Waals surface area contributed by atoms with Gasteiger partial charge in [-0.2, -0.15) is 0 Å². The second-order valence-electron chi connectivity index (χ2n) is 4.00. The first-order valence-corrected chi connectivity index (χ1v) is 8.42. The fraction of sp³-hybridized carbons (Fsp3) is 0.0833. The molecule has 20 heavy (non-hydrogen) atoms. The lowest BCUT2D eigenvalue weighted by atomic mass is 10.2. The molecule has 1 N–H and O–H groups in total. The van der Waals surface area contributed by atoms with Gasteiger partial charge in [0.1, 0.15) is 0 Å². The molecular formula is C12H9BrCl2N2O2S. The van der Waals surface area contributed by atoms with E-state index in [0.717, 1.165) is 0 Å². The number of aromatic nitrogens is 1. The lowest BCUT2D eigenvalue weighted by molar-refractivity contribution is 0.600. The van der Waals surface area contributed by atoms with Crippen LogP contribution in [0.15, 0.2) is 40.0 Å². The maximum Gasteiger partial charge on any atom is 0.262 e. The van der Waals surface area contributed by atoms with E-state index in [1.807, 2.05) is 0 Å². The van der Waals surface area contributed by atoms with Crippen LogP contribution in [0.25, 0.3) is 0 Å². The Kier molecular flexibility index (Phi) is 4.59. The van der Waals surface area contributed by atoms with Gasteiger partial charge in [-0.3, -0.25) is 9.71 Å². The largest absolute Gasteiger partial charge is 0.276 e. The van der Waals surface area contributed by atoms with Crippen molar-refractivity contribution in [2.24, 2.45) is 0 Å². The fourth-order valence-corrected chi connectivity index (χ4v) is 3.65. The van der Waals surface area contributed by atoms with Crippen molar-refractivity contribution in [1.29, 1.82) is 0 Å². The molecule has 0 spiro atoms. The average molecular weight is 396 g/mol. The van der Waals surface area contributed by atoms with Crippen LogP contribution >= 0.6 is 39.1 Å². The van der Waals surface area contributed by atoms with Crippen LogP contribution in [0, 0.1) is 6.92 Å². The number of aryl methyl sites for hydroxylation is 1. The first-order chi connectivity index (χ1) is 9.31. The number of hydrogen-bond acceptors (Lipinski definition) is 3. The van der Waals surface area contributed by atoms with Gasteiger partial charge < -0.3 is 0 Å². The SMILES string of the molecule is Cc1cc(Cl)ccc1S(=O)(=O)Nc1cncc(Br)c1Cl. The number of benzene rings is 1. The van der Waals surface area contributed by atoms with Crippen LogP contribution in [-0.4, -0.2) is 13.4 Å². The summed E-state index contributed by atoms with van der Waals surface area (Å²) in [6.07, 6.45) is 2.82. The summed E-state index contributed by atoms with van der Waals surface area (Å²) in [6.45, 7) is 1.67. The van der Waals surface area contributed by atoms with Crippen LogP contribution in [0.1, 0.15) is 5.56 Å². The summed E-state index contributed by atoms with van der Waals surface area (Å²) in [5, 5.41) is 0.721. The molecule has 0 radical (unpaired) electrons. The zero-order chi connectivity index (χ0) is 14.9. The third-order valence-corrected chi connectivity index (χ3v) is 5.51. The lowest BCUT2D eigenvalue weighted by Crippen LogP contribution is -2.14. The Bertz CT molecular complexity index is 766. The maximum atomic E-state index is 12.3. The molecule has 0 aliphatic carbocycles. The van der Waals surface area contributed by atoms with Crippen LogP contribution in [0.4, 0.5) is 5.69 Å². The highest BCUT2D eigenvalue weighted by molar-refractivity contribution is 9.10. The molecule has 0 atom stereocenters. The monoisotopic (exact) mass is 394 g/mol. The summed E-state index contributed by atoms with van der Waals surface area (Å²) in [4.78, 5) is 4.02. The summed E-state index contributed by atoms with van der Waals surface area (Å²) < 4.78 is 27.6. The highest BCUT2D eigenvalue weighted by Crippen LogP contribution is 2.31. The van der Waals surface area contributed by atoms with Crippen molar-refractivity contribution in [3.8, 4) is 0 Å². The first-order valence-electron chi connectivity index (χ1n) is 5.39. The van der Waals surface area contributed by atoms with Crippen LogP contribution in [0.3, 0.4) is 0 Å². The molecule has 1 heterocycles. The van der Waals surface area contributed by atoms with Crippen LogP contribution < -0.4 is 4.72 Å². The van der Waals surface area contributed by atoms with E-state index in [2.05, 4.69) is 25.6 Å². The zero-order valence-corrected chi connectivity index (χ0v) is 14.1. The fourth-order valence-electron chi connectivity index (χ4n) is 1.60. The summed E-state index contributed by atoms with van der Waals surface area (Å²) in [7, 11) is -3.75. The smallest absolute Gasteiger partial charge is 0.262 e. The molecule has 2 aromatic rings. The number of pyridine rings is 1. The number of halogens is 3. The minimum atomic E-state index is -3.75. The highest BCUT2D eigenvalue weighted by Gasteiger charge is 2.19. The molecule has 0 saturated carbocycles. The minimum Gasteiger partial charge on any atom is -0.276 e. The van der Waals surface area contributed by atoms with Gasteiger partial charge in [0, 0.05) is 11.2 Å². The van der Waals surface area contributed by atoms with Gasteiger partial charge in [-0.15, -0.1) is 0 Å².